The molecular formula is C51H45N. The first-order valence-corrected chi connectivity index (χ1v) is 17.8. The van der Waals surface area contributed by atoms with Crippen LogP contribution in [0.4, 0.5) is 0 Å². The topological polar surface area (TPSA) is 4.93 Å². The molecule has 4 aromatic carbocycles. The number of fused-ring (bicyclic) bond motifs is 3. The second kappa shape index (κ2) is 17.0. The lowest BCUT2D eigenvalue weighted by atomic mass is 9.81. The Morgan fingerprint density at radius 3 is 2.15 bits per heavy atom. The Bertz CT molecular complexity index is 2320. The predicted molar refractivity (Wildman–Crippen MR) is 231 cm³/mol. The van der Waals surface area contributed by atoms with Crippen molar-refractivity contribution in [3.05, 3.63) is 216 Å². The largest absolute Gasteiger partial charge is 0.310 e. The summed E-state index contributed by atoms with van der Waals surface area (Å²) in [5.41, 5.74) is 16.4. The maximum atomic E-state index is 4.25. The second-order valence-electron chi connectivity index (χ2n) is 12.5. The van der Waals surface area contributed by atoms with Gasteiger partial charge in [-0.25, -0.2) is 0 Å². The van der Waals surface area contributed by atoms with E-state index in [0.717, 1.165) is 45.8 Å². The molecule has 0 N–H and O–H groups in total. The highest BCUT2D eigenvalue weighted by atomic mass is 15.0. The molecule has 52 heavy (non-hydrogen) atoms. The van der Waals surface area contributed by atoms with Crippen LogP contribution in [0.15, 0.2) is 171 Å². The van der Waals surface area contributed by atoms with Gasteiger partial charge in [0.2, 0.25) is 0 Å². The van der Waals surface area contributed by atoms with Crippen LogP contribution < -0.4 is 0 Å². The Morgan fingerprint density at radius 1 is 0.596 bits per heavy atom. The molecule has 0 unspecified atom stereocenters. The normalized spacial score (nSPS) is 13.9. The van der Waals surface area contributed by atoms with Crippen LogP contribution in [0.3, 0.4) is 0 Å². The summed E-state index contributed by atoms with van der Waals surface area (Å²) in [6.07, 6.45) is 32.0. The fourth-order valence-corrected chi connectivity index (χ4v) is 6.89. The van der Waals surface area contributed by atoms with E-state index in [1.807, 2.05) is 49.4 Å². The number of allylic oxidation sites excluding steroid dienone is 11. The Labute approximate surface area is 310 Å². The van der Waals surface area contributed by atoms with E-state index in [1.165, 1.54) is 39.0 Å². The third-order valence-electron chi connectivity index (χ3n) is 9.33. The smallest absolute Gasteiger partial charge is 0.0537 e. The minimum atomic E-state index is 0.915. The molecule has 0 saturated carbocycles. The zero-order chi connectivity index (χ0) is 36.3. The molecule has 1 nitrogen and oxygen atoms in total. The van der Waals surface area contributed by atoms with Crippen LogP contribution in [0.1, 0.15) is 58.6 Å². The highest BCUT2D eigenvalue weighted by Crippen LogP contribution is 2.41. The molecule has 0 spiro atoms. The first kappa shape index (κ1) is 35.4. The highest BCUT2D eigenvalue weighted by Gasteiger charge is 2.20. The number of aromatic nitrogens is 1. The molecule has 1 heterocycles. The van der Waals surface area contributed by atoms with Gasteiger partial charge in [0, 0.05) is 16.8 Å². The summed E-state index contributed by atoms with van der Waals surface area (Å²) in [6, 6.07) is 34.7. The van der Waals surface area contributed by atoms with Crippen molar-refractivity contribution in [3.63, 3.8) is 0 Å². The number of hydrogen-bond donors (Lipinski definition) is 0. The van der Waals surface area contributed by atoms with Crippen molar-refractivity contribution < 1.29 is 0 Å². The summed E-state index contributed by atoms with van der Waals surface area (Å²) in [6.45, 7) is 16.4. The van der Waals surface area contributed by atoms with Crippen LogP contribution in [0, 0.1) is 0 Å². The summed E-state index contributed by atoms with van der Waals surface area (Å²) in [7, 11) is 0. The van der Waals surface area contributed by atoms with Gasteiger partial charge in [0.15, 0.2) is 0 Å². The lowest BCUT2D eigenvalue weighted by molar-refractivity contribution is 1.08. The minimum absolute atomic E-state index is 0.915. The fourth-order valence-electron chi connectivity index (χ4n) is 6.89. The van der Waals surface area contributed by atoms with Gasteiger partial charge in [0.25, 0.3) is 0 Å². The highest BCUT2D eigenvalue weighted by molar-refractivity contribution is 5.92. The van der Waals surface area contributed by atoms with Crippen molar-refractivity contribution in [2.24, 2.45) is 0 Å². The Balaban J connectivity index is 1.36. The van der Waals surface area contributed by atoms with Gasteiger partial charge in [-0.05, 0) is 101 Å². The van der Waals surface area contributed by atoms with Crippen LogP contribution in [-0.2, 0) is 6.42 Å². The fraction of sp³-hybridized carbons (Fsp3) is 0.0588. The van der Waals surface area contributed by atoms with E-state index in [2.05, 4.69) is 177 Å². The van der Waals surface area contributed by atoms with Gasteiger partial charge in [-0.3, -0.25) is 0 Å². The average Bonchev–Trinajstić information content (AvgIpc) is 3.49. The lowest BCUT2D eigenvalue weighted by Crippen LogP contribution is -2.03. The second-order valence-corrected chi connectivity index (χ2v) is 12.5. The van der Waals surface area contributed by atoms with Crippen molar-refractivity contribution in [3.8, 4) is 22.3 Å². The van der Waals surface area contributed by atoms with E-state index in [4.69, 9.17) is 0 Å². The average molecular weight is 672 g/mol. The molecule has 0 amide bonds. The molecule has 0 saturated heterocycles. The van der Waals surface area contributed by atoms with E-state index in [0.29, 0.717) is 0 Å². The van der Waals surface area contributed by atoms with Crippen LogP contribution in [0.2, 0.25) is 0 Å². The predicted octanol–water partition coefficient (Wildman–Crippen LogP) is 14.1. The summed E-state index contributed by atoms with van der Waals surface area (Å²) in [5.74, 6) is 0. The molecular weight excluding hydrogens is 627 g/mol. The molecule has 1 heteroatoms. The third kappa shape index (κ3) is 7.65. The van der Waals surface area contributed by atoms with E-state index >= 15 is 0 Å². The van der Waals surface area contributed by atoms with Gasteiger partial charge in [-0.1, -0.05) is 178 Å². The zero-order valence-corrected chi connectivity index (χ0v) is 30.2. The monoisotopic (exact) mass is 671 g/mol. The van der Waals surface area contributed by atoms with Gasteiger partial charge >= 0.3 is 0 Å². The molecule has 5 aromatic rings. The van der Waals surface area contributed by atoms with Crippen molar-refractivity contribution >= 4 is 47.7 Å². The van der Waals surface area contributed by atoms with Crippen LogP contribution in [0.25, 0.3) is 70.0 Å². The molecule has 1 aliphatic carbocycles. The van der Waals surface area contributed by atoms with Gasteiger partial charge in [-0.2, -0.15) is 0 Å². The lowest BCUT2D eigenvalue weighted by Gasteiger charge is -2.23. The first-order chi connectivity index (χ1) is 25.6. The van der Waals surface area contributed by atoms with E-state index in [1.54, 1.807) is 0 Å². The first-order valence-electron chi connectivity index (χ1n) is 17.8. The molecule has 1 aliphatic rings. The van der Waals surface area contributed by atoms with Gasteiger partial charge < -0.3 is 4.57 Å². The molecule has 0 radical (unpaired) electrons. The molecule has 0 fully saturated rings. The summed E-state index contributed by atoms with van der Waals surface area (Å²) in [4.78, 5) is 0. The summed E-state index contributed by atoms with van der Waals surface area (Å²) >= 11 is 0. The molecule has 1 aromatic heterocycles. The minimum Gasteiger partial charge on any atom is -0.310 e. The Kier molecular flexibility index (Phi) is 11.6. The molecule has 0 aliphatic heterocycles. The third-order valence-corrected chi connectivity index (χ3v) is 9.33. The van der Waals surface area contributed by atoms with Crippen LogP contribution >= 0.6 is 0 Å². The molecule has 0 bridgehead atoms. The van der Waals surface area contributed by atoms with Gasteiger partial charge in [-0.15, -0.1) is 0 Å². The van der Waals surface area contributed by atoms with Crippen LogP contribution in [-0.4, -0.2) is 4.57 Å². The number of rotatable bonds is 12. The standard InChI is InChI=1S/C51H45N/c1-6-11-13-26-43-36-42-27-17-19-30-46(42)49-37-41(32-34-47(43)49)40-28-20-25-39(35-40)31-33-48-45(9-4)51(21-7-2)52(50(48)10-5)44(8-3)29-18-16-24-38-22-14-12-15-23-38/h6-35,37H,1,4-5,36H2,2-3H3/b13-11-,21-7-,24-16+,29-18-,33-31+,43-26+,44-8+. The maximum Gasteiger partial charge on any atom is 0.0537 e. The van der Waals surface area contributed by atoms with E-state index in [-0.39, 0.29) is 0 Å². The zero-order valence-electron chi connectivity index (χ0n) is 30.2. The Hall–Kier alpha value is -6.44. The number of benzene rings is 4. The van der Waals surface area contributed by atoms with Crippen molar-refractivity contribution in [2.45, 2.75) is 20.3 Å². The quantitative estimate of drug-likeness (QED) is 0.116. The molecule has 0 atom stereocenters. The van der Waals surface area contributed by atoms with Crippen molar-refractivity contribution in [1.82, 2.24) is 4.57 Å². The van der Waals surface area contributed by atoms with Crippen LogP contribution in [0.5, 0.6) is 0 Å². The molecule has 254 valence electrons. The van der Waals surface area contributed by atoms with Crippen molar-refractivity contribution in [2.75, 3.05) is 0 Å². The summed E-state index contributed by atoms with van der Waals surface area (Å²) < 4.78 is 2.26. The maximum absolute atomic E-state index is 4.25. The van der Waals surface area contributed by atoms with Crippen molar-refractivity contribution in [1.29, 1.82) is 0 Å². The SMILES string of the molecule is C=C/C=C\C=C1/Cc2ccccc2-c2cc(-c3cccc(/C=C/c4c(C=C)c(/C=C\C)n(C(/C=C\C=C\c5ccccc5)=C/C)c4C=C)c3)ccc21. The van der Waals surface area contributed by atoms with E-state index < -0.39 is 0 Å². The van der Waals surface area contributed by atoms with E-state index in [9.17, 15) is 0 Å². The molecule has 6 rings (SSSR count). The number of nitrogens with zero attached hydrogens (tertiary/aromatic N) is 1. The number of hydrogen-bond acceptors (Lipinski definition) is 0. The van der Waals surface area contributed by atoms with Gasteiger partial charge in [0.1, 0.15) is 0 Å². The summed E-state index contributed by atoms with van der Waals surface area (Å²) in [5, 5.41) is 0. The van der Waals surface area contributed by atoms with Gasteiger partial charge in [0.05, 0.1) is 11.4 Å². The Morgan fingerprint density at radius 2 is 1.38 bits per heavy atom.